The molecule has 2 aromatic heterocycles. The van der Waals surface area contributed by atoms with Crippen molar-refractivity contribution in [3.05, 3.63) is 23.2 Å². The maximum atomic E-state index is 12.2. The molecule has 0 bridgehead atoms. The number of rotatable bonds is 6. The minimum atomic E-state index is -3.64. The van der Waals surface area contributed by atoms with Gasteiger partial charge in [0, 0.05) is 18.9 Å². The van der Waals surface area contributed by atoms with Crippen LogP contribution in [0.4, 0.5) is 0 Å². The fourth-order valence-electron chi connectivity index (χ4n) is 2.10. The molecule has 0 atom stereocenters. The van der Waals surface area contributed by atoms with Gasteiger partial charge in [-0.1, -0.05) is 10.3 Å². The van der Waals surface area contributed by atoms with E-state index in [2.05, 4.69) is 20.0 Å². The average molecular weight is 312 g/mol. The number of sulfonamides is 1. The van der Waals surface area contributed by atoms with Gasteiger partial charge in [-0.25, -0.2) is 13.1 Å². The first kappa shape index (κ1) is 14.2. The maximum Gasteiger partial charge on any atom is 0.245 e. The Hall–Kier alpha value is -1.74. The summed E-state index contributed by atoms with van der Waals surface area (Å²) in [6, 6.07) is 0. The zero-order chi connectivity index (χ0) is 15.0. The van der Waals surface area contributed by atoms with Gasteiger partial charge in [0.05, 0.1) is 0 Å². The van der Waals surface area contributed by atoms with E-state index in [9.17, 15) is 8.42 Å². The third-order valence-electron chi connectivity index (χ3n) is 3.29. The predicted molar refractivity (Wildman–Crippen MR) is 71.1 cm³/mol. The number of aromatic nitrogens is 3. The van der Waals surface area contributed by atoms with Crippen LogP contribution < -0.4 is 4.72 Å². The third kappa shape index (κ3) is 2.98. The monoisotopic (exact) mass is 312 g/mol. The molecule has 0 unspecified atom stereocenters. The number of nitrogens with zero attached hydrogens (tertiary/aromatic N) is 3. The molecular weight excluding hydrogens is 296 g/mol. The van der Waals surface area contributed by atoms with E-state index in [1.807, 2.05) is 0 Å². The van der Waals surface area contributed by atoms with E-state index < -0.39 is 10.0 Å². The molecule has 0 saturated heterocycles. The Morgan fingerprint density at radius 1 is 1.24 bits per heavy atom. The largest absolute Gasteiger partial charge is 0.360 e. The molecular formula is C12H16N4O4S. The van der Waals surface area contributed by atoms with Crippen LogP contribution in [0, 0.1) is 13.8 Å². The van der Waals surface area contributed by atoms with Crippen molar-refractivity contribution < 1.29 is 17.5 Å². The summed E-state index contributed by atoms with van der Waals surface area (Å²) in [5.41, 5.74) is 0.341. The summed E-state index contributed by atoms with van der Waals surface area (Å²) in [4.78, 5) is 4.34. The van der Waals surface area contributed by atoms with E-state index in [0.717, 1.165) is 18.7 Å². The van der Waals surface area contributed by atoms with Crippen LogP contribution in [0.25, 0.3) is 0 Å². The predicted octanol–water partition coefficient (Wildman–Crippen LogP) is 1.07. The van der Waals surface area contributed by atoms with Crippen molar-refractivity contribution >= 4 is 10.0 Å². The van der Waals surface area contributed by atoms with Crippen molar-refractivity contribution in [3.8, 4) is 0 Å². The summed E-state index contributed by atoms with van der Waals surface area (Å²) in [7, 11) is -3.64. The van der Waals surface area contributed by atoms with Crippen molar-refractivity contribution in [2.45, 2.75) is 43.9 Å². The molecule has 1 N–H and O–H groups in total. The molecule has 1 aliphatic carbocycles. The molecule has 21 heavy (non-hydrogen) atoms. The van der Waals surface area contributed by atoms with Gasteiger partial charge in [0.15, 0.2) is 11.6 Å². The van der Waals surface area contributed by atoms with E-state index in [4.69, 9.17) is 9.05 Å². The smallest absolute Gasteiger partial charge is 0.245 e. The Kier molecular flexibility index (Phi) is 3.54. The summed E-state index contributed by atoms with van der Waals surface area (Å²) in [6.45, 7) is 3.33. The molecule has 0 amide bonds. The third-order valence-corrected chi connectivity index (χ3v) is 5.00. The molecule has 114 valence electrons. The molecule has 8 nitrogen and oxygen atoms in total. The van der Waals surface area contributed by atoms with Crippen LogP contribution >= 0.6 is 0 Å². The summed E-state index contributed by atoms with van der Waals surface area (Å²) in [5.74, 6) is 1.85. The van der Waals surface area contributed by atoms with Crippen molar-refractivity contribution in [1.29, 1.82) is 0 Å². The van der Waals surface area contributed by atoms with Crippen molar-refractivity contribution in [3.63, 3.8) is 0 Å². The number of aryl methyl sites for hydroxylation is 2. The molecule has 0 radical (unpaired) electrons. The van der Waals surface area contributed by atoms with Crippen LogP contribution in [0.2, 0.25) is 0 Å². The van der Waals surface area contributed by atoms with Gasteiger partial charge < -0.3 is 9.05 Å². The fraction of sp³-hybridized carbons (Fsp3) is 0.583. The van der Waals surface area contributed by atoms with E-state index in [1.54, 1.807) is 13.8 Å². The number of nitrogens with one attached hydrogen (secondary N) is 1. The maximum absolute atomic E-state index is 12.2. The lowest BCUT2D eigenvalue weighted by atomic mass is 10.4. The molecule has 1 fully saturated rings. The molecule has 0 aromatic carbocycles. The lowest BCUT2D eigenvalue weighted by molar-refractivity contribution is 0.373. The van der Waals surface area contributed by atoms with E-state index in [-0.39, 0.29) is 17.2 Å². The van der Waals surface area contributed by atoms with Gasteiger partial charge in [-0.2, -0.15) is 4.98 Å². The second-order valence-electron chi connectivity index (χ2n) is 5.12. The Morgan fingerprint density at radius 2 is 2.00 bits per heavy atom. The van der Waals surface area contributed by atoms with Crippen molar-refractivity contribution in [2.75, 3.05) is 6.54 Å². The zero-order valence-corrected chi connectivity index (χ0v) is 12.6. The minimum Gasteiger partial charge on any atom is -0.360 e. The van der Waals surface area contributed by atoms with Gasteiger partial charge >= 0.3 is 0 Å². The van der Waals surface area contributed by atoms with Gasteiger partial charge in [0.25, 0.3) is 0 Å². The topological polar surface area (TPSA) is 111 Å². The molecule has 3 rings (SSSR count). The van der Waals surface area contributed by atoms with Crippen LogP contribution in [-0.4, -0.2) is 30.3 Å². The van der Waals surface area contributed by atoms with Crippen LogP contribution in [0.5, 0.6) is 0 Å². The van der Waals surface area contributed by atoms with Crippen LogP contribution in [0.1, 0.15) is 41.9 Å². The Morgan fingerprint density at radius 3 is 2.62 bits per heavy atom. The zero-order valence-electron chi connectivity index (χ0n) is 11.8. The molecule has 0 spiro atoms. The van der Waals surface area contributed by atoms with Gasteiger partial charge in [-0.05, 0) is 26.7 Å². The Balaban J connectivity index is 1.61. The van der Waals surface area contributed by atoms with Crippen LogP contribution in [-0.2, 0) is 16.4 Å². The first-order chi connectivity index (χ1) is 9.97. The number of hydrogen-bond donors (Lipinski definition) is 1. The van der Waals surface area contributed by atoms with E-state index in [1.165, 1.54) is 0 Å². The normalized spacial score (nSPS) is 15.5. The van der Waals surface area contributed by atoms with Gasteiger partial charge in [0.1, 0.15) is 10.6 Å². The highest BCUT2D eigenvalue weighted by atomic mass is 32.2. The highest BCUT2D eigenvalue weighted by Crippen LogP contribution is 2.38. The minimum absolute atomic E-state index is 0.0895. The highest BCUT2D eigenvalue weighted by Gasteiger charge is 2.29. The van der Waals surface area contributed by atoms with Gasteiger partial charge in [-0.3, -0.25) is 0 Å². The number of hydrogen-bond acceptors (Lipinski definition) is 7. The molecule has 9 heteroatoms. The van der Waals surface area contributed by atoms with Crippen LogP contribution in [0.3, 0.4) is 0 Å². The lowest BCUT2D eigenvalue weighted by Crippen LogP contribution is -2.26. The molecule has 0 aliphatic heterocycles. The van der Waals surface area contributed by atoms with Gasteiger partial charge in [-0.15, -0.1) is 0 Å². The lowest BCUT2D eigenvalue weighted by Gasteiger charge is -2.04. The highest BCUT2D eigenvalue weighted by molar-refractivity contribution is 7.89. The molecule has 2 aromatic rings. The second-order valence-corrected chi connectivity index (χ2v) is 6.83. The van der Waals surface area contributed by atoms with Gasteiger partial charge in [0.2, 0.25) is 15.9 Å². The molecule has 1 aliphatic rings. The Bertz CT molecular complexity index is 726. The first-order valence-electron chi connectivity index (χ1n) is 6.72. The fourth-order valence-corrected chi connectivity index (χ4v) is 3.46. The van der Waals surface area contributed by atoms with Crippen LogP contribution in [0.15, 0.2) is 13.9 Å². The van der Waals surface area contributed by atoms with E-state index in [0.29, 0.717) is 23.9 Å². The second kappa shape index (κ2) is 5.23. The SMILES string of the molecule is Cc1noc(C)c1S(=O)(=O)NCCc1nc(C2CC2)no1. The quantitative estimate of drug-likeness (QED) is 0.849. The Labute approximate surface area is 121 Å². The summed E-state index contributed by atoms with van der Waals surface area (Å²) < 4.78 is 36.8. The molecule has 2 heterocycles. The van der Waals surface area contributed by atoms with Crippen molar-refractivity contribution in [1.82, 2.24) is 20.0 Å². The summed E-state index contributed by atoms with van der Waals surface area (Å²) in [6.07, 6.45) is 2.54. The summed E-state index contributed by atoms with van der Waals surface area (Å²) >= 11 is 0. The summed E-state index contributed by atoms with van der Waals surface area (Å²) in [5, 5.41) is 7.53. The van der Waals surface area contributed by atoms with E-state index >= 15 is 0 Å². The van der Waals surface area contributed by atoms with Crippen molar-refractivity contribution in [2.24, 2.45) is 0 Å². The first-order valence-corrected chi connectivity index (χ1v) is 8.20. The average Bonchev–Trinajstić information content (AvgIpc) is 3.06. The standard InChI is InChI=1S/C12H16N4O4S/c1-7-11(8(2)19-15-7)21(17,18)13-6-5-10-14-12(16-20-10)9-3-4-9/h9,13H,3-6H2,1-2H3. The molecule has 1 saturated carbocycles.